The second-order valence-corrected chi connectivity index (χ2v) is 3.94. The Balaban J connectivity index is 2.58. The second-order valence-electron chi connectivity index (χ2n) is 3.53. The average Bonchev–Trinajstić information content (AvgIpc) is 2.52. The molecule has 0 saturated carbocycles. The zero-order valence-electron chi connectivity index (χ0n) is 7.38. The average molecular weight is 203 g/mol. The number of hydrogen-bond acceptors (Lipinski definition) is 1. The largest absolute Gasteiger partial charge is 0.294 e. The van der Waals surface area contributed by atoms with Gasteiger partial charge in [0.25, 0.3) is 0 Å². The summed E-state index contributed by atoms with van der Waals surface area (Å²) in [6.07, 6.45) is 0.521. The molecule has 0 unspecified atom stereocenters. The van der Waals surface area contributed by atoms with Gasteiger partial charge in [0.15, 0.2) is 5.78 Å². The van der Waals surface area contributed by atoms with Crippen molar-refractivity contribution >= 4 is 28.2 Å². The lowest BCUT2D eigenvalue weighted by molar-refractivity contribution is 0.1000. The second kappa shape index (κ2) is 2.58. The zero-order chi connectivity index (χ0) is 9.71. The van der Waals surface area contributed by atoms with Crippen molar-refractivity contribution in [3.05, 3.63) is 46.5 Å². The third-order valence-electron chi connectivity index (χ3n) is 2.73. The number of rotatable bonds is 0. The lowest BCUT2D eigenvalue weighted by Gasteiger charge is -2.01. The highest BCUT2D eigenvalue weighted by molar-refractivity contribution is 6.36. The summed E-state index contributed by atoms with van der Waals surface area (Å²) in [7, 11) is 0. The molecule has 68 valence electrons. The fourth-order valence-corrected chi connectivity index (χ4v) is 2.31. The van der Waals surface area contributed by atoms with Crippen LogP contribution < -0.4 is 0 Å². The minimum atomic E-state index is 0.202. The van der Waals surface area contributed by atoms with E-state index in [1.807, 2.05) is 30.3 Å². The minimum Gasteiger partial charge on any atom is -0.294 e. The van der Waals surface area contributed by atoms with Gasteiger partial charge in [-0.15, -0.1) is 0 Å². The van der Waals surface area contributed by atoms with Crippen molar-refractivity contribution in [3.8, 4) is 0 Å². The van der Waals surface area contributed by atoms with Gasteiger partial charge >= 0.3 is 0 Å². The predicted octanol–water partition coefficient (Wildman–Crippen LogP) is 3.23. The van der Waals surface area contributed by atoms with Crippen molar-refractivity contribution in [2.24, 2.45) is 0 Å². The van der Waals surface area contributed by atoms with Gasteiger partial charge in [0.2, 0.25) is 0 Å². The maximum atomic E-state index is 11.6. The van der Waals surface area contributed by atoms with E-state index >= 15 is 0 Å². The van der Waals surface area contributed by atoms with E-state index in [-0.39, 0.29) is 5.78 Å². The fraction of sp³-hybridized carbons (Fsp3) is 0.0833. The van der Waals surface area contributed by atoms with Crippen LogP contribution >= 0.6 is 11.6 Å². The first-order valence-corrected chi connectivity index (χ1v) is 4.88. The molecule has 1 aliphatic carbocycles. The summed E-state index contributed by atoms with van der Waals surface area (Å²) in [4.78, 5) is 11.6. The molecule has 2 aromatic rings. The van der Waals surface area contributed by atoms with Crippen molar-refractivity contribution in [3.63, 3.8) is 0 Å². The highest BCUT2D eigenvalue weighted by atomic mass is 35.5. The Morgan fingerprint density at radius 3 is 2.86 bits per heavy atom. The van der Waals surface area contributed by atoms with E-state index in [2.05, 4.69) is 0 Å². The predicted molar refractivity (Wildman–Crippen MR) is 57.0 cm³/mol. The topological polar surface area (TPSA) is 17.1 Å². The molecule has 0 atom stereocenters. The standard InChI is InChI=1S/C12H7ClO/c13-10-5-4-7-6-11(14)9-3-1-2-8(10)12(7)9/h1-5H,6H2. The van der Waals surface area contributed by atoms with E-state index in [1.54, 1.807) is 0 Å². The van der Waals surface area contributed by atoms with Gasteiger partial charge < -0.3 is 0 Å². The molecule has 1 aliphatic rings. The third-order valence-corrected chi connectivity index (χ3v) is 3.05. The van der Waals surface area contributed by atoms with Gasteiger partial charge in [-0.1, -0.05) is 35.9 Å². The number of carbonyl (C=O) groups excluding carboxylic acids is 1. The molecule has 0 saturated heterocycles. The Morgan fingerprint density at radius 2 is 2.00 bits per heavy atom. The van der Waals surface area contributed by atoms with Crippen LogP contribution in [0.2, 0.25) is 5.02 Å². The lowest BCUT2D eigenvalue weighted by atomic mass is 10.1. The minimum absolute atomic E-state index is 0.202. The van der Waals surface area contributed by atoms with E-state index < -0.39 is 0 Å². The van der Waals surface area contributed by atoms with Gasteiger partial charge in [-0.3, -0.25) is 4.79 Å². The van der Waals surface area contributed by atoms with Crippen molar-refractivity contribution < 1.29 is 4.79 Å². The van der Waals surface area contributed by atoms with Gasteiger partial charge in [0, 0.05) is 22.4 Å². The van der Waals surface area contributed by atoms with Crippen molar-refractivity contribution in [2.45, 2.75) is 6.42 Å². The molecule has 0 N–H and O–H groups in total. The molecule has 0 aliphatic heterocycles. The van der Waals surface area contributed by atoms with Crippen LogP contribution in [-0.2, 0) is 6.42 Å². The smallest absolute Gasteiger partial charge is 0.167 e. The number of carbonyl (C=O) groups is 1. The molecule has 0 spiro atoms. The molecule has 0 fully saturated rings. The summed E-state index contributed by atoms with van der Waals surface area (Å²) < 4.78 is 0. The summed E-state index contributed by atoms with van der Waals surface area (Å²) in [5, 5.41) is 2.76. The Bertz CT molecular complexity index is 557. The van der Waals surface area contributed by atoms with Crippen LogP contribution in [0.3, 0.4) is 0 Å². The number of ketones is 1. The molecule has 0 radical (unpaired) electrons. The molecule has 2 heteroatoms. The van der Waals surface area contributed by atoms with Crippen LogP contribution in [-0.4, -0.2) is 5.78 Å². The Hall–Kier alpha value is -1.34. The van der Waals surface area contributed by atoms with Crippen LogP contribution in [0, 0.1) is 0 Å². The molecule has 3 rings (SSSR count). The molecular formula is C12H7ClO. The highest BCUT2D eigenvalue weighted by Crippen LogP contribution is 2.34. The van der Waals surface area contributed by atoms with E-state index in [0.29, 0.717) is 6.42 Å². The fourth-order valence-electron chi connectivity index (χ4n) is 2.09. The first kappa shape index (κ1) is 8.01. The van der Waals surface area contributed by atoms with Gasteiger partial charge in [0.05, 0.1) is 0 Å². The van der Waals surface area contributed by atoms with Crippen LogP contribution in [0.25, 0.3) is 10.8 Å². The first-order valence-electron chi connectivity index (χ1n) is 4.50. The molecule has 0 amide bonds. The number of Topliss-reactive ketones (excluding diaryl/α,β-unsaturated/α-hetero) is 1. The van der Waals surface area contributed by atoms with Crippen molar-refractivity contribution in [2.75, 3.05) is 0 Å². The van der Waals surface area contributed by atoms with Gasteiger partial charge in [-0.05, 0) is 17.0 Å². The van der Waals surface area contributed by atoms with Crippen molar-refractivity contribution in [1.82, 2.24) is 0 Å². The zero-order valence-corrected chi connectivity index (χ0v) is 8.14. The molecule has 2 aromatic carbocycles. The monoisotopic (exact) mass is 202 g/mol. The van der Waals surface area contributed by atoms with Crippen LogP contribution in [0.1, 0.15) is 15.9 Å². The molecule has 0 heterocycles. The molecular weight excluding hydrogens is 196 g/mol. The van der Waals surface area contributed by atoms with E-state index in [9.17, 15) is 4.79 Å². The summed E-state index contributed by atoms with van der Waals surface area (Å²) >= 11 is 6.07. The van der Waals surface area contributed by atoms with Gasteiger partial charge in [0.1, 0.15) is 0 Å². The Kier molecular flexibility index (Phi) is 1.48. The van der Waals surface area contributed by atoms with Crippen LogP contribution in [0.5, 0.6) is 0 Å². The third kappa shape index (κ3) is 0.878. The highest BCUT2D eigenvalue weighted by Gasteiger charge is 2.21. The summed E-state index contributed by atoms with van der Waals surface area (Å²) in [5.41, 5.74) is 1.92. The normalized spacial score (nSPS) is 13.9. The number of benzene rings is 2. The van der Waals surface area contributed by atoms with E-state index in [4.69, 9.17) is 11.6 Å². The maximum Gasteiger partial charge on any atom is 0.167 e. The van der Waals surface area contributed by atoms with E-state index in [1.165, 1.54) is 0 Å². The quantitative estimate of drug-likeness (QED) is 0.641. The number of halogens is 1. The van der Waals surface area contributed by atoms with E-state index in [0.717, 1.165) is 26.9 Å². The summed E-state index contributed by atoms with van der Waals surface area (Å²) in [6.45, 7) is 0. The first-order chi connectivity index (χ1) is 6.77. The Morgan fingerprint density at radius 1 is 1.14 bits per heavy atom. The lowest BCUT2D eigenvalue weighted by Crippen LogP contribution is -1.92. The number of hydrogen-bond donors (Lipinski definition) is 0. The van der Waals surface area contributed by atoms with Crippen LogP contribution in [0.15, 0.2) is 30.3 Å². The van der Waals surface area contributed by atoms with Gasteiger partial charge in [-0.25, -0.2) is 0 Å². The molecule has 1 nitrogen and oxygen atoms in total. The summed E-state index contributed by atoms with van der Waals surface area (Å²) in [6, 6.07) is 9.53. The Labute approximate surface area is 86.3 Å². The molecule has 14 heavy (non-hydrogen) atoms. The SMILES string of the molecule is O=C1Cc2ccc(Cl)c3cccc1c23. The molecule has 0 bridgehead atoms. The summed E-state index contributed by atoms with van der Waals surface area (Å²) in [5.74, 6) is 0.202. The maximum absolute atomic E-state index is 11.6. The molecule has 0 aromatic heterocycles. The van der Waals surface area contributed by atoms with Gasteiger partial charge in [-0.2, -0.15) is 0 Å². The van der Waals surface area contributed by atoms with Crippen molar-refractivity contribution in [1.29, 1.82) is 0 Å². The van der Waals surface area contributed by atoms with Crippen LogP contribution in [0.4, 0.5) is 0 Å².